The Morgan fingerprint density at radius 1 is 1.62 bits per heavy atom. The Balaban J connectivity index is 2.73. The molecule has 0 aromatic carbocycles. The summed E-state index contributed by atoms with van der Waals surface area (Å²) in [7, 11) is 4.14. The van der Waals surface area contributed by atoms with Gasteiger partial charge in [0, 0.05) is 31.4 Å². The Labute approximate surface area is 97.6 Å². The molecule has 0 radical (unpaired) electrons. The molecule has 0 aliphatic carbocycles. The van der Waals surface area contributed by atoms with Crippen LogP contribution >= 0.6 is 0 Å². The van der Waals surface area contributed by atoms with Crippen LogP contribution in [0, 0.1) is 5.92 Å². The first-order valence-electron chi connectivity index (χ1n) is 5.37. The lowest BCUT2D eigenvalue weighted by atomic mass is 9.96. The molecule has 3 heteroatoms. The molecule has 0 aromatic heterocycles. The van der Waals surface area contributed by atoms with Gasteiger partial charge >= 0.3 is 0 Å². The number of allylic oxidation sites excluding steroid dienone is 3. The minimum absolute atomic E-state index is 0.405. The lowest BCUT2D eigenvalue weighted by Crippen LogP contribution is -2.21. The number of nitrogens with zero attached hydrogens (tertiary/aromatic N) is 3. The highest BCUT2D eigenvalue weighted by Gasteiger charge is 2.12. The summed E-state index contributed by atoms with van der Waals surface area (Å²) >= 11 is 0. The number of rotatable bonds is 5. The lowest BCUT2D eigenvalue weighted by molar-refractivity contribution is 0.430. The molecule has 1 aliphatic heterocycles. The monoisotopic (exact) mass is 217 g/mol. The van der Waals surface area contributed by atoms with Gasteiger partial charge in [-0.1, -0.05) is 12.2 Å². The molecule has 0 bridgehead atoms. The maximum absolute atomic E-state index is 4.28. The Kier molecular flexibility index (Phi) is 5.43. The Bertz CT molecular complexity index is 335. The molecule has 0 saturated heterocycles. The summed E-state index contributed by atoms with van der Waals surface area (Å²) in [6, 6.07) is 0. The zero-order valence-electron chi connectivity index (χ0n) is 10.0. The molecule has 86 valence electrons. The molecular formula is C13H19N3. The molecular weight excluding hydrogens is 198 g/mol. The molecule has 1 aliphatic rings. The van der Waals surface area contributed by atoms with Gasteiger partial charge in [0.05, 0.1) is 0 Å². The molecule has 3 nitrogen and oxygen atoms in total. The van der Waals surface area contributed by atoms with Gasteiger partial charge in [0.25, 0.3) is 0 Å². The van der Waals surface area contributed by atoms with E-state index in [1.54, 1.807) is 6.20 Å². The summed E-state index contributed by atoms with van der Waals surface area (Å²) < 4.78 is 0. The standard InChI is InChI=1S/C13H19N3/c1-14-8-4-7-13(11-16(2)3)12-6-5-9-15-10-12/h4-9,12H,1,10-11H2,2-3H3/b8-4-,13-7+. The van der Waals surface area contributed by atoms with E-state index in [9.17, 15) is 0 Å². The maximum atomic E-state index is 4.28. The fourth-order valence-electron chi connectivity index (χ4n) is 1.61. The van der Waals surface area contributed by atoms with Gasteiger partial charge in [0.1, 0.15) is 0 Å². The minimum Gasteiger partial charge on any atom is -0.305 e. The normalized spacial score (nSPS) is 20.9. The van der Waals surface area contributed by atoms with Crippen LogP contribution in [0.4, 0.5) is 0 Å². The van der Waals surface area contributed by atoms with E-state index in [1.807, 2.05) is 18.4 Å². The van der Waals surface area contributed by atoms with E-state index in [2.05, 4.69) is 47.8 Å². The van der Waals surface area contributed by atoms with Crippen molar-refractivity contribution in [1.29, 1.82) is 0 Å². The SMILES string of the molecule is C=N/C=C\C=C(/CN(C)C)C1C=CC=NC1. The highest BCUT2D eigenvalue weighted by atomic mass is 15.0. The summed E-state index contributed by atoms with van der Waals surface area (Å²) in [5.41, 5.74) is 1.35. The highest BCUT2D eigenvalue weighted by molar-refractivity contribution is 5.72. The van der Waals surface area contributed by atoms with Crippen molar-refractivity contribution in [2.45, 2.75) is 0 Å². The smallest absolute Gasteiger partial charge is 0.0490 e. The quantitative estimate of drug-likeness (QED) is 0.511. The summed E-state index contributed by atoms with van der Waals surface area (Å²) in [5, 5.41) is 0. The van der Waals surface area contributed by atoms with Crippen LogP contribution in [0.2, 0.25) is 0 Å². The summed E-state index contributed by atoms with van der Waals surface area (Å²) in [6.45, 7) is 5.19. The predicted octanol–water partition coefficient (Wildman–Crippen LogP) is 1.95. The van der Waals surface area contributed by atoms with Gasteiger partial charge in [0.15, 0.2) is 0 Å². The lowest BCUT2D eigenvalue weighted by Gasteiger charge is -2.20. The molecule has 1 unspecified atom stereocenters. The van der Waals surface area contributed by atoms with Crippen LogP contribution in [0.15, 0.2) is 46.1 Å². The first-order chi connectivity index (χ1) is 7.74. The van der Waals surface area contributed by atoms with Gasteiger partial charge in [0.2, 0.25) is 0 Å². The van der Waals surface area contributed by atoms with E-state index in [0.29, 0.717) is 5.92 Å². The molecule has 16 heavy (non-hydrogen) atoms. The fourth-order valence-corrected chi connectivity index (χ4v) is 1.61. The Morgan fingerprint density at radius 2 is 2.44 bits per heavy atom. The number of aliphatic imine (C=N–C) groups is 2. The molecule has 0 amide bonds. The van der Waals surface area contributed by atoms with Crippen LogP contribution in [0.1, 0.15) is 0 Å². The van der Waals surface area contributed by atoms with Crippen molar-refractivity contribution >= 4 is 12.9 Å². The Hall–Kier alpha value is -1.48. The Morgan fingerprint density at radius 3 is 3.00 bits per heavy atom. The maximum Gasteiger partial charge on any atom is 0.0490 e. The van der Waals surface area contributed by atoms with Crippen LogP contribution < -0.4 is 0 Å². The van der Waals surface area contributed by atoms with E-state index >= 15 is 0 Å². The van der Waals surface area contributed by atoms with E-state index in [-0.39, 0.29) is 0 Å². The van der Waals surface area contributed by atoms with Crippen LogP contribution in [-0.2, 0) is 0 Å². The third kappa shape index (κ3) is 4.36. The van der Waals surface area contributed by atoms with Gasteiger partial charge in [-0.15, -0.1) is 0 Å². The van der Waals surface area contributed by atoms with Gasteiger partial charge in [-0.2, -0.15) is 0 Å². The molecule has 0 fully saturated rings. The average Bonchev–Trinajstić information content (AvgIpc) is 2.29. The van der Waals surface area contributed by atoms with Crippen molar-refractivity contribution in [3.63, 3.8) is 0 Å². The first-order valence-corrected chi connectivity index (χ1v) is 5.37. The zero-order chi connectivity index (χ0) is 11.8. The minimum atomic E-state index is 0.405. The summed E-state index contributed by atoms with van der Waals surface area (Å²) in [5.74, 6) is 0.405. The fraction of sp³-hybridized carbons (Fsp3) is 0.385. The summed E-state index contributed by atoms with van der Waals surface area (Å²) in [4.78, 5) is 10.1. The van der Waals surface area contributed by atoms with Gasteiger partial charge in [-0.3, -0.25) is 9.98 Å². The average molecular weight is 217 g/mol. The predicted molar refractivity (Wildman–Crippen MR) is 71.3 cm³/mol. The number of hydrogen-bond donors (Lipinski definition) is 0. The van der Waals surface area contributed by atoms with E-state index < -0.39 is 0 Å². The highest BCUT2D eigenvalue weighted by Crippen LogP contribution is 2.16. The van der Waals surface area contributed by atoms with E-state index in [0.717, 1.165) is 13.1 Å². The second-order valence-electron chi connectivity index (χ2n) is 4.01. The molecule has 1 heterocycles. The van der Waals surface area contributed by atoms with Crippen molar-refractivity contribution in [2.75, 3.05) is 27.2 Å². The second kappa shape index (κ2) is 6.90. The molecule has 0 aromatic rings. The topological polar surface area (TPSA) is 28.0 Å². The van der Waals surface area contributed by atoms with Crippen LogP contribution in [0.3, 0.4) is 0 Å². The van der Waals surface area contributed by atoms with Gasteiger partial charge in [-0.05, 0) is 38.5 Å². The molecule has 1 rings (SSSR count). The zero-order valence-corrected chi connectivity index (χ0v) is 10.0. The third-order valence-electron chi connectivity index (χ3n) is 2.31. The van der Waals surface area contributed by atoms with Crippen molar-refractivity contribution < 1.29 is 0 Å². The molecule has 1 atom stereocenters. The summed E-state index contributed by atoms with van der Waals surface area (Å²) in [6.07, 6.45) is 11.8. The molecule has 0 spiro atoms. The number of hydrogen-bond acceptors (Lipinski definition) is 3. The number of likely N-dealkylation sites (N-methyl/N-ethyl adjacent to an activating group) is 1. The van der Waals surface area contributed by atoms with Crippen molar-refractivity contribution in [1.82, 2.24) is 4.90 Å². The first kappa shape index (κ1) is 12.6. The van der Waals surface area contributed by atoms with Gasteiger partial charge < -0.3 is 4.90 Å². The molecule has 0 N–H and O–H groups in total. The molecule has 0 saturated carbocycles. The second-order valence-corrected chi connectivity index (χ2v) is 4.01. The van der Waals surface area contributed by atoms with Crippen LogP contribution in [0.5, 0.6) is 0 Å². The third-order valence-corrected chi connectivity index (χ3v) is 2.31. The van der Waals surface area contributed by atoms with Crippen LogP contribution in [-0.4, -0.2) is 45.0 Å². The van der Waals surface area contributed by atoms with Crippen molar-refractivity contribution in [3.8, 4) is 0 Å². The van der Waals surface area contributed by atoms with Crippen molar-refractivity contribution in [2.24, 2.45) is 15.9 Å². The van der Waals surface area contributed by atoms with Gasteiger partial charge in [-0.25, -0.2) is 0 Å². The van der Waals surface area contributed by atoms with Crippen molar-refractivity contribution in [3.05, 3.63) is 36.1 Å². The number of dihydropyridines is 1. The largest absolute Gasteiger partial charge is 0.305 e. The van der Waals surface area contributed by atoms with E-state index in [1.165, 1.54) is 5.57 Å². The van der Waals surface area contributed by atoms with Crippen LogP contribution in [0.25, 0.3) is 0 Å². The van der Waals surface area contributed by atoms with E-state index in [4.69, 9.17) is 0 Å².